The molecule has 5 rings (SSSR count). The molecule has 170 valence electrons. The Morgan fingerprint density at radius 1 is 1.22 bits per heavy atom. The summed E-state index contributed by atoms with van der Waals surface area (Å²) in [6.07, 6.45) is 1.82. The molecule has 1 aromatic heterocycles. The lowest BCUT2D eigenvalue weighted by atomic mass is 10.0. The average molecular weight is 460 g/mol. The van der Waals surface area contributed by atoms with E-state index in [1.807, 2.05) is 40.6 Å². The van der Waals surface area contributed by atoms with Gasteiger partial charge < -0.3 is 4.90 Å². The first-order valence-corrected chi connectivity index (χ1v) is 11.7. The predicted molar refractivity (Wildman–Crippen MR) is 124 cm³/mol. The number of fused-ring (bicyclic) bond motifs is 1. The largest absolute Gasteiger partial charge is 0.340 e. The second-order valence-electron chi connectivity index (χ2n) is 8.79. The van der Waals surface area contributed by atoms with Crippen molar-refractivity contribution in [3.05, 3.63) is 42.2 Å². The van der Waals surface area contributed by atoms with E-state index in [1.165, 1.54) is 12.1 Å². The Hall–Kier alpha value is -2.39. The summed E-state index contributed by atoms with van der Waals surface area (Å²) in [7, 11) is 1.98. The van der Waals surface area contributed by atoms with E-state index in [-0.39, 0.29) is 12.3 Å². The molecule has 0 bridgehead atoms. The van der Waals surface area contributed by atoms with Gasteiger partial charge in [0.25, 0.3) is 5.92 Å². The van der Waals surface area contributed by atoms with Crippen LogP contribution in [0.2, 0.25) is 0 Å². The SMILES string of the molecule is CC(=O)N1CCN(Cc2cc(-c3cccc4c3N(C)SN4CC3CC3(F)F)ccn2)CC1. The standard InChI is InChI=1S/C23H27F2N5OS/c1-16(31)29-10-8-28(9-11-29)15-19-12-17(6-7-26-19)20-4-3-5-21-22(20)27(2)32-30(21)14-18-13-23(18,24)25/h3-7,12,18H,8-11,13-15H2,1-2H3. The molecular formula is C23H27F2N5OS. The number of anilines is 2. The van der Waals surface area contributed by atoms with E-state index >= 15 is 0 Å². The van der Waals surface area contributed by atoms with Crippen LogP contribution in [0.3, 0.4) is 0 Å². The summed E-state index contributed by atoms with van der Waals surface area (Å²) >= 11 is 1.48. The summed E-state index contributed by atoms with van der Waals surface area (Å²) < 4.78 is 31.0. The molecule has 0 radical (unpaired) electrons. The van der Waals surface area contributed by atoms with Crippen LogP contribution in [-0.2, 0) is 11.3 Å². The van der Waals surface area contributed by atoms with Crippen molar-refractivity contribution < 1.29 is 13.6 Å². The summed E-state index contributed by atoms with van der Waals surface area (Å²) in [6.45, 7) is 5.89. The van der Waals surface area contributed by atoms with E-state index in [1.54, 1.807) is 6.92 Å². The Balaban J connectivity index is 1.34. The highest BCUT2D eigenvalue weighted by atomic mass is 32.2. The maximum absolute atomic E-state index is 13.5. The first kappa shape index (κ1) is 21.5. The minimum absolute atomic E-state index is 0.0167. The van der Waals surface area contributed by atoms with Crippen molar-refractivity contribution in [2.24, 2.45) is 5.92 Å². The van der Waals surface area contributed by atoms with Gasteiger partial charge in [0.05, 0.1) is 29.2 Å². The van der Waals surface area contributed by atoms with Gasteiger partial charge in [-0.15, -0.1) is 0 Å². The van der Waals surface area contributed by atoms with E-state index in [9.17, 15) is 13.6 Å². The molecule has 1 aliphatic carbocycles. The monoisotopic (exact) mass is 459 g/mol. The molecular weight excluding hydrogens is 432 g/mol. The molecule has 3 heterocycles. The maximum Gasteiger partial charge on any atom is 0.253 e. The molecule has 0 N–H and O–H groups in total. The summed E-state index contributed by atoms with van der Waals surface area (Å²) in [5, 5.41) is 0. The molecule has 0 spiro atoms. The topological polar surface area (TPSA) is 42.9 Å². The molecule has 1 atom stereocenters. The van der Waals surface area contributed by atoms with Gasteiger partial charge in [-0.2, -0.15) is 0 Å². The van der Waals surface area contributed by atoms with Gasteiger partial charge in [-0.1, -0.05) is 12.1 Å². The van der Waals surface area contributed by atoms with Crippen LogP contribution in [-0.4, -0.2) is 66.4 Å². The fourth-order valence-electron chi connectivity index (χ4n) is 4.51. The van der Waals surface area contributed by atoms with Crippen LogP contribution in [0.15, 0.2) is 36.5 Å². The number of piperazine rings is 1. The molecule has 3 aliphatic rings. The number of pyridine rings is 1. The summed E-state index contributed by atoms with van der Waals surface area (Å²) in [5.41, 5.74) is 5.16. The molecule has 9 heteroatoms. The van der Waals surface area contributed by atoms with Crippen LogP contribution in [0.5, 0.6) is 0 Å². The number of aromatic nitrogens is 1. The quantitative estimate of drug-likeness (QED) is 0.632. The van der Waals surface area contributed by atoms with Gasteiger partial charge in [-0.25, -0.2) is 8.78 Å². The normalized spacial score (nSPS) is 22.2. The zero-order chi connectivity index (χ0) is 22.5. The lowest BCUT2D eigenvalue weighted by Crippen LogP contribution is -2.47. The molecule has 32 heavy (non-hydrogen) atoms. The second-order valence-corrected chi connectivity index (χ2v) is 9.95. The molecule has 1 amide bonds. The first-order valence-electron chi connectivity index (χ1n) is 11.0. The van der Waals surface area contributed by atoms with Crippen molar-refractivity contribution in [2.75, 3.05) is 48.4 Å². The van der Waals surface area contributed by atoms with Gasteiger partial charge in [-0.3, -0.25) is 23.3 Å². The first-order chi connectivity index (χ1) is 15.3. The molecule has 2 aliphatic heterocycles. The van der Waals surface area contributed by atoms with Crippen LogP contribution >= 0.6 is 12.1 Å². The van der Waals surface area contributed by atoms with Gasteiger partial charge in [0, 0.05) is 77.3 Å². The van der Waals surface area contributed by atoms with E-state index in [2.05, 4.69) is 26.3 Å². The molecule has 1 saturated heterocycles. The number of rotatable bonds is 5. The van der Waals surface area contributed by atoms with Gasteiger partial charge in [0.15, 0.2) is 0 Å². The number of carbonyl (C=O) groups is 1. The summed E-state index contributed by atoms with van der Waals surface area (Å²) in [5.74, 6) is -2.95. The molecule has 2 fully saturated rings. The number of amides is 1. The highest BCUT2D eigenvalue weighted by molar-refractivity contribution is 8.02. The number of carbonyl (C=O) groups excluding carboxylic acids is 1. The number of hydrogen-bond donors (Lipinski definition) is 0. The number of hydrogen-bond acceptors (Lipinski definition) is 6. The van der Waals surface area contributed by atoms with Crippen molar-refractivity contribution in [1.82, 2.24) is 14.8 Å². The molecule has 2 aromatic rings. The predicted octanol–water partition coefficient (Wildman–Crippen LogP) is 3.89. The van der Waals surface area contributed by atoms with E-state index in [0.717, 1.165) is 60.9 Å². The van der Waals surface area contributed by atoms with E-state index in [4.69, 9.17) is 0 Å². The van der Waals surface area contributed by atoms with Crippen LogP contribution in [0, 0.1) is 5.92 Å². The molecule has 1 saturated carbocycles. The number of benzene rings is 1. The van der Waals surface area contributed by atoms with E-state index in [0.29, 0.717) is 6.54 Å². The Morgan fingerprint density at radius 2 is 1.97 bits per heavy atom. The smallest absolute Gasteiger partial charge is 0.253 e. The number of nitrogens with zero attached hydrogens (tertiary/aromatic N) is 5. The average Bonchev–Trinajstić information content (AvgIpc) is 3.24. The van der Waals surface area contributed by atoms with Crippen molar-refractivity contribution in [3.8, 4) is 11.1 Å². The van der Waals surface area contributed by atoms with Gasteiger partial charge in [0.2, 0.25) is 5.91 Å². The fraction of sp³-hybridized carbons (Fsp3) is 0.478. The van der Waals surface area contributed by atoms with Crippen molar-refractivity contribution in [1.29, 1.82) is 0 Å². The molecule has 1 unspecified atom stereocenters. The Labute approximate surface area is 191 Å². The van der Waals surface area contributed by atoms with Crippen LogP contribution in [0.4, 0.5) is 20.2 Å². The number of alkyl halides is 2. The highest BCUT2D eigenvalue weighted by Gasteiger charge is 2.57. The third kappa shape index (κ3) is 4.15. The van der Waals surface area contributed by atoms with Crippen molar-refractivity contribution >= 4 is 29.4 Å². The van der Waals surface area contributed by atoms with Crippen LogP contribution < -0.4 is 8.61 Å². The van der Waals surface area contributed by atoms with Gasteiger partial charge in [0.1, 0.15) is 0 Å². The zero-order valence-electron chi connectivity index (χ0n) is 18.3. The van der Waals surface area contributed by atoms with Crippen molar-refractivity contribution in [2.45, 2.75) is 25.8 Å². The highest BCUT2D eigenvalue weighted by Crippen LogP contribution is 2.54. The Kier molecular flexibility index (Phi) is 5.49. The van der Waals surface area contributed by atoms with Crippen molar-refractivity contribution in [3.63, 3.8) is 0 Å². The summed E-state index contributed by atoms with van der Waals surface area (Å²) in [6, 6.07) is 10.2. The van der Waals surface area contributed by atoms with E-state index < -0.39 is 11.8 Å². The molecule has 1 aromatic carbocycles. The molecule has 6 nitrogen and oxygen atoms in total. The fourth-order valence-corrected chi connectivity index (χ4v) is 5.56. The maximum atomic E-state index is 13.5. The summed E-state index contributed by atoms with van der Waals surface area (Å²) in [4.78, 5) is 20.3. The zero-order valence-corrected chi connectivity index (χ0v) is 19.1. The lowest BCUT2D eigenvalue weighted by molar-refractivity contribution is -0.130. The minimum Gasteiger partial charge on any atom is -0.340 e. The second kappa shape index (κ2) is 8.19. The third-order valence-corrected chi connectivity index (χ3v) is 7.46. The number of halogens is 2. The lowest BCUT2D eigenvalue weighted by Gasteiger charge is -2.34. The van der Waals surface area contributed by atoms with Gasteiger partial charge in [-0.05, 0) is 23.8 Å². The van der Waals surface area contributed by atoms with Crippen LogP contribution in [0.1, 0.15) is 19.0 Å². The Morgan fingerprint density at radius 3 is 2.66 bits per heavy atom. The van der Waals surface area contributed by atoms with Crippen LogP contribution in [0.25, 0.3) is 11.1 Å². The number of para-hydroxylation sites is 1. The minimum atomic E-state index is -2.52. The third-order valence-electron chi connectivity index (χ3n) is 6.49. The Bertz CT molecular complexity index is 1030. The van der Waals surface area contributed by atoms with Gasteiger partial charge >= 0.3 is 0 Å².